The molecule has 0 amide bonds. The number of fused-ring (bicyclic) bond motifs is 2. The van der Waals surface area contributed by atoms with Crippen LogP contribution in [0.2, 0.25) is 0 Å². The number of esters is 1. The Morgan fingerprint density at radius 3 is 2.60 bits per heavy atom. The van der Waals surface area contributed by atoms with Gasteiger partial charge in [0, 0.05) is 5.57 Å². The highest BCUT2D eigenvalue weighted by Crippen LogP contribution is 2.52. The van der Waals surface area contributed by atoms with E-state index in [1.54, 1.807) is 6.92 Å². The van der Waals surface area contributed by atoms with Gasteiger partial charge in [-0.1, -0.05) is 13.5 Å². The third-order valence-corrected chi connectivity index (χ3v) is 4.29. The molecule has 0 N–H and O–H groups in total. The maximum atomic E-state index is 11.3. The van der Waals surface area contributed by atoms with Crippen molar-refractivity contribution in [2.75, 3.05) is 6.61 Å². The van der Waals surface area contributed by atoms with Crippen molar-refractivity contribution in [3.63, 3.8) is 0 Å². The molecule has 2 saturated carbocycles. The number of ether oxygens (including phenoxy) is 1. The zero-order valence-corrected chi connectivity index (χ0v) is 9.66. The predicted octanol–water partition coefficient (Wildman–Crippen LogP) is 2.79. The fourth-order valence-corrected chi connectivity index (χ4v) is 3.28. The van der Waals surface area contributed by atoms with Gasteiger partial charge in [0.15, 0.2) is 0 Å². The summed E-state index contributed by atoms with van der Waals surface area (Å²) in [7, 11) is 0. The Morgan fingerprint density at radius 1 is 1.40 bits per heavy atom. The number of rotatable bonds is 3. The molecular formula is C13H20O2. The molecule has 2 aliphatic carbocycles. The van der Waals surface area contributed by atoms with E-state index < -0.39 is 0 Å². The standard InChI is InChI=1S/C13H20O2/c1-8(2)13(14)15-7-12-9(3)10-4-5-11(12)6-10/h9-12H,1,4-7H2,2-3H3. The van der Waals surface area contributed by atoms with Gasteiger partial charge < -0.3 is 4.74 Å². The van der Waals surface area contributed by atoms with Crippen LogP contribution in [-0.2, 0) is 9.53 Å². The van der Waals surface area contributed by atoms with Gasteiger partial charge in [0.1, 0.15) is 0 Å². The Bertz CT molecular complexity index is 280. The maximum Gasteiger partial charge on any atom is 0.333 e. The quantitative estimate of drug-likeness (QED) is 0.526. The van der Waals surface area contributed by atoms with Crippen LogP contribution in [0.25, 0.3) is 0 Å². The second-order valence-corrected chi connectivity index (χ2v) is 5.23. The molecule has 0 spiro atoms. The normalized spacial score (nSPS) is 38.0. The van der Waals surface area contributed by atoms with Gasteiger partial charge in [0.2, 0.25) is 0 Å². The zero-order valence-electron chi connectivity index (χ0n) is 9.66. The van der Waals surface area contributed by atoms with E-state index in [9.17, 15) is 4.79 Å². The second-order valence-electron chi connectivity index (χ2n) is 5.23. The lowest BCUT2D eigenvalue weighted by Gasteiger charge is -2.27. The molecule has 0 aromatic carbocycles. The van der Waals surface area contributed by atoms with Crippen LogP contribution in [0.1, 0.15) is 33.1 Å². The molecule has 84 valence electrons. The van der Waals surface area contributed by atoms with Gasteiger partial charge in [0.05, 0.1) is 6.61 Å². The molecular weight excluding hydrogens is 188 g/mol. The minimum Gasteiger partial charge on any atom is -0.462 e. The van der Waals surface area contributed by atoms with Crippen LogP contribution in [0.4, 0.5) is 0 Å². The highest BCUT2D eigenvalue weighted by molar-refractivity contribution is 5.86. The third kappa shape index (κ3) is 1.95. The molecule has 2 heteroatoms. The van der Waals surface area contributed by atoms with E-state index in [0.717, 1.165) is 17.8 Å². The minimum atomic E-state index is -0.232. The van der Waals surface area contributed by atoms with Gasteiger partial charge in [-0.25, -0.2) is 4.79 Å². The topological polar surface area (TPSA) is 26.3 Å². The van der Waals surface area contributed by atoms with Crippen LogP contribution in [0, 0.1) is 23.7 Å². The Kier molecular flexibility index (Phi) is 2.85. The first kappa shape index (κ1) is 10.7. The molecule has 2 fully saturated rings. The summed E-state index contributed by atoms with van der Waals surface area (Å²) < 4.78 is 5.27. The molecule has 0 aromatic heterocycles. The molecule has 15 heavy (non-hydrogen) atoms. The summed E-state index contributed by atoms with van der Waals surface area (Å²) in [5.41, 5.74) is 0.505. The lowest BCUT2D eigenvalue weighted by Crippen LogP contribution is -2.26. The summed E-state index contributed by atoms with van der Waals surface area (Å²) in [4.78, 5) is 11.3. The Balaban J connectivity index is 1.85. The Labute approximate surface area is 91.7 Å². The molecule has 2 aliphatic rings. The van der Waals surface area contributed by atoms with Crippen molar-refractivity contribution in [1.82, 2.24) is 0 Å². The van der Waals surface area contributed by atoms with Crippen LogP contribution in [0.3, 0.4) is 0 Å². The summed E-state index contributed by atoms with van der Waals surface area (Å²) >= 11 is 0. The minimum absolute atomic E-state index is 0.232. The maximum absolute atomic E-state index is 11.3. The van der Waals surface area contributed by atoms with Gasteiger partial charge in [-0.2, -0.15) is 0 Å². The fourth-order valence-electron chi connectivity index (χ4n) is 3.28. The average Bonchev–Trinajstić information content (AvgIpc) is 2.75. The lowest BCUT2D eigenvalue weighted by molar-refractivity contribution is -0.141. The smallest absolute Gasteiger partial charge is 0.333 e. The number of hydrogen-bond acceptors (Lipinski definition) is 2. The molecule has 0 aliphatic heterocycles. The molecule has 0 aromatic rings. The van der Waals surface area contributed by atoms with Crippen LogP contribution >= 0.6 is 0 Å². The van der Waals surface area contributed by atoms with Crippen molar-refractivity contribution in [3.8, 4) is 0 Å². The molecule has 0 saturated heterocycles. The monoisotopic (exact) mass is 208 g/mol. The fraction of sp³-hybridized carbons (Fsp3) is 0.769. The molecule has 0 heterocycles. The summed E-state index contributed by atoms with van der Waals surface area (Å²) in [5, 5.41) is 0. The van der Waals surface area contributed by atoms with Gasteiger partial charge >= 0.3 is 5.97 Å². The molecule has 0 radical (unpaired) electrons. The molecule has 4 atom stereocenters. The van der Waals surface area contributed by atoms with Crippen molar-refractivity contribution >= 4 is 5.97 Å². The Morgan fingerprint density at radius 2 is 2.07 bits per heavy atom. The summed E-state index contributed by atoms with van der Waals surface area (Å²) in [6, 6.07) is 0. The van der Waals surface area contributed by atoms with E-state index in [1.165, 1.54) is 19.3 Å². The van der Waals surface area contributed by atoms with E-state index in [4.69, 9.17) is 4.74 Å². The van der Waals surface area contributed by atoms with E-state index in [0.29, 0.717) is 18.1 Å². The summed E-state index contributed by atoms with van der Waals surface area (Å²) in [6.07, 6.45) is 4.08. The highest BCUT2D eigenvalue weighted by Gasteiger charge is 2.45. The third-order valence-electron chi connectivity index (χ3n) is 4.29. The van der Waals surface area contributed by atoms with Crippen LogP contribution in [0.15, 0.2) is 12.2 Å². The lowest BCUT2D eigenvalue weighted by atomic mass is 9.81. The molecule has 4 unspecified atom stereocenters. The van der Waals surface area contributed by atoms with E-state index in [2.05, 4.69) is 13.5 Å². The largest absolute Gasteiger partial charge is 0.462 e. The van der Waals surface area contributed by atoms with Crippen molar-refractivity contribution in [3.05, 3.63) is 12.2 Å². The van der Waals surface area contributed by atoms with Crippen LogP contribution in [0.5, 0.6) is 0 Å². The van der Waals surface area contributed by atoms with Crippen LogP contribution < -0.4 is 0 Å². The average molecular weight is 208 g/mol. The van der Waals surface area contributed by atoms with Crippen LogP contribution in [-0.4, -0.2) is 12.6 Å². The van der Waals surface area contributed by atoms with Gasteiger partial charge in [-0.3, -0.25) is 0 Å². The van der Waals surface area contributed by atoms with Gasteiger partial charge in [-0.05, 0) is 49.9 Å². The first-order valence-electron chi connectivity index (χ1n) is 5.92. The highest BCUT2D eigenvalue weighted by atomic mass is 16.5. The second kappa shape index (κ2) is 3.99. The van der Waals surface area contributed by atoms with Crippen molar-refractivity contribution in [2.45, 2.75) is 33.1 Å². The predicted molar refractivity (Wildman–Crippen MR) is 59.3 cm³/mol. The molecule has 2 nitrogen and oxygen atoms in total. The first-order chi connectivity index (χ1) is 7.09. The van der Waals surface area contributed by atoms with E-state index >= 15 is 0 Å². The SMILES string of the molecule is C=C(C)C(=O)OCC1C2CCC(C2)C1C. The number of carbonyl (C=O) groups excluding carboxylic acids is 1. The number of carbonyl (C=O) groups is 1. The summed E-state index contributed by atoms with van der Waals surface area (Å²) in [5.74, 6) is 2.81. The van der Waals surface area contributed by atoms with Gasteiger partial charge in [-0.15, -0.1) is 0 Å². The zero-order chi connectivity index (χ0) is 11.0. The van der Waals surface area contributed by atoms with E-state index in [1.807, 2.05) is 0 Å². The van der Waals surface area contributed by atoms with Gasteiger partial charge in [0.25, 0.3) is 0 Å². The number of hydrogen-bond donors (Lipinski definition) is 0. The molecule has 2 bridgehead atoms. The van der Waals surface area contributed by atoms with Crippen molar-refractivity contribution in [2.24, 2.45) is 23.7 Å². The van der Waals surface area contributed by atoms with Crippen molar-refractivity contribution in [1.29, 1.82) is 0 Å². The molecule has 2 rings (SSSR count). The first-order valence-corrected chi connectivity index (χ1v) is 5.92. The van der Waals surface area contributed by atoms with E-state index in [-0.39, 0.29) is 5.97 Å². The Hall–Kier alpha value is -0.790. The van der Waals surface area contributed by atoms with Crippen molar-refractivity contribution < 1.29 is 9.53 Å². The summed E-state index contributed by atoms with van der Waals surface area (Å²) in [6.45, 7) is 8.21.